The molecule has 2 N–H and O–H groups in total. The maximum absolute atomic E-state index is 11.7. The van der Waals surface area contributed by atoms with E-state index in [0.717, 1.165) is 5.56 Å². The van der Waals surface area contributed by atoms with E-state index < -0.39 is 12.1 Å². The van der Waals surface area contributed by atoms with Gasteiger partial charge in [-0.05, 0) is 29.8 Å². The Kier molecular flexibility index (Phi) is 3.93. The zero-order valence-electron chi connectivity index (χ0n) is 12.5. The lowest BCUT2D eigenvalue weighted by molar-refractivity contribution is -0.138. The Morgan fingerprint density at radius 2 is 1.87 bits per heavy atom. The van der Waals surface area contributed by atoms with Crippen molar-refractivity contribution in [2.24, 2.45) is 0 Å². The minimum absolute atomic E-state index is 0.0320. The maximum atomic E-state index is 11.7. The zero-order valence-corrected chi connectivity index (χ0v) is 12.5. The average molecular weight is 312 g/mol. The number of aromatic hydroxyl groups is 2. The predicted molar refractivity (Wildman–Crippen MR) is 84.3 cm³/mol. The molecule has 23 heavy (non-hydrogen) atoms. The van der Waals surface area contributed by atoms with Crippen molar-refractivity contribution in [2.45, 2.75) is 12.5 Å². The van der Waals surface area contributed by atoms with Crippen molar-refractivity contribution >= 4 is 11.5 Å². The van der Waals surface area contributed by atoms with E-state index in [1.54, 1.807) is 36.4 Å². The second kappa shape index (κ2) is 6.04. The van der Waals surface area contributed by atoms with Crippen LogP contribution in [0, 0.1) is 0 Å². The van der Waals surface area contributed by atoms with Gasteiger partial charge in [0, 0.05) is 29.7 Å². The molecule has 1 aliphatic heterocycles. The van der Waals surface area contributed by atoms with Crippen LogP contribution in [0.25, 0.3) is 5.57 Å². The number of esters is 1. The SMILES string of the molecule is COc1ccc(C2=CC(=O)OC2Cc2ccc(O)cc2)c(O)c1. The maximum Gasteiger partial charge on any atom is 0.331 e. The summed E-state index contributed by atoms with van der Waals surface area (Å²) < 4.78 is 10.4. The molecule has 0 saturated heterocycles. The van der Waals surface area contributed by atoms with Crippen LogP contribution in [0.1, 0.15) is 11.1 Å². The number of phenols is 2. The standard InChI is InChI=1S/C18H16O5/c1-22-13-6-7-14(16(20)9-13)15-10-18(21)23-17(15)8-11-2-4-12(19)5-3-11/h2-7,9-10,17,19-20H,8H2,1H3. The Labute approximate surface area is 133 Å². The second-order valence-corrected chi connectivity index (χ2v) is 5.28. The van der Waals surface area contributed by atoms with Crippen LogP contribution in [0.5, 0.6) is 17.2 Å². The van der Waals surface area contributed by atoms with Crippen LogP contribution in [-0.4, -0.2) is 29.4 Å². The molecule has 0 radical (unpaired) electrons. The first-order chi connectivity index (χ1) is 11.1. The van der Waals surface area contributed by atoms with Gasteiger partial charge < -0.3 is 19.7 Å². The summed E-state index contributed by atoms with van der Waals surface area (Å²) in [5.74, 6) is 0.316. The lowest BCUT2D eigenvalue weighted by Crippen LogP contribution is -2.14. The molecule has 0 bridgehead atoms. The smallest absolute Gasteiger partial charge is 0.331 e. The Morgan fingerprint density at radius 1 is 1.13 bits per heavy atom. The van der Waals surface area contributed by atoms with E-state index in [2.05, 4.69) is 0 Å². The summed E-state index contributed by atoms with van der Waals surface area (Å²) in [6.45, 7) is 0. The van der Waals surface area contributed by atoms with Gasteiger partial charge in [0.25, 0.3) is 0 Å². The van der Waals surface area contributed by atoms with Crippen molar-refractivity contribution < 1.29 is 24.5 Å². The molecule has 118 valence electrons. The predicted octanol–water partition coefficient (Wildman–Crippen LogP) is 2.66. The van der Waals surface area contributed by atoms with Crippen LogP contribution in [0.2, 0.25) is 0 Å². The van der Waals surface area contributed by atoms with Gasteiger partial charge in [0.05, 0.1) is 7.11 Å². The van der Waals surface area contributed by atoms with E-state index in [1.807, 2.05) is 0 Å². The number of hydrogen-bond donors (Lipinski definition) is 2. The van der Waals surface area contributed by atoms with Gasteiger partial charge in [0.15, 0.2) is 0 Å². The molecule has 0 saturated carbocycles. The van der Waals surface area contributed by atoms with Gasteiger partial charge in [-0.15, -0.1) is 0 Å². The summed E-state index contributed by atoms with van der Waals surface area (Å²) in [7, 11) is 1.52. The Bertz CT molecular complexity index is 761. The fourth-order valence-electron chi connectivity index (χ4n) is 2.59. The lowest BCUT2D eigenvalue weighted by atomic mass is 9.95. The van der Waals surface area contributed by atoms with Crippen molar-refractivity contribution in [3.8, 4) is 17.2 Å². The first kappa shape index (κ1) is 15.0. The molecule has 2 aromatic carbocycles. The normalized spacial score (nSPS) is 16.8. The number of phenolic OH excluding ortho intramolecular Hbond substituents is 2. The van der Waals surface area contributed by atoms with Gasteiger partial charge in [-0.1, -0.05) is 12.1 Å². The van der Waals surface area contributed by atoms with Crippen molar-refractivity contribution in [1.29, 1.82) is 0 Å². The summed E-state index contributed by atoms with van der Waals surface area (Å²) in [6.07, 6.45) is 1.38. The molecule has 0 aliphatic carbocycles. The number of methoxy groups -OCH3 is 1. The van der Waals surface area contributed by atoms with Gasteiger partial charge >= 0.3 is 5.97 Å². The van der Waals surface area contributed by atoms with Crippen LogP contribution < -0.4 is 4.74 Å². The molecule has 0 aromatic heterocycles. The topological polar surface area (TPSA) is 76.0 Å². The van der Waals surface area contributed by atoms with Gasteiger partial charge in [0.1, 0.15) is 23.4 Å². The van der Waals surface area contributed by atoms with Crippen LogP contribution in [0.4, 0.5) is 0 Å². The number of hydrogen-bond acceptors (Lipinski definition) is 5. The largest absolute Gasteiger partial charge is 0.508 e. The van der Waals surface area contributed by atoms with E-state index in [4.69, 9.17) is 9.47 Å². The minimum Gasteiger partial charge on any atom is -0.508 e. The molecule has 1 aliphatic rings. The monoisotopic (exact) mass is 312 g/mol. The highest BCUT2D eigenvalue weighted by Gasteiger charge is 2.29. The molecule has 5 nitrogen and oxygen atoms in total. The molecule has 1 unspecified atom stereocenters. The van der Waals surface area contributed by atoms with E-state index in [0.29, 0.717) is 23.3 Å². The number of cyclic esters (lactones) is 1. The Morgan fingerprint density at radius 3 is 2.52 bits per heavy atom. The van der Waals surface area contributed by atoms with E-state index in [9.17, 15) is 15.0 Å². The third-order valence-corrected chi connectivity index (χ3v) is 3.75. The van der Waals surface area contributed by atoms with E-state index in [-0.39, 0.29) is 11.5 Å². The summed E-state index contributed by atoms with van der Waals surface area (Å²) in [5.41, 5.74) is 2.09. The molecular formula is C18H16O5. The summed E-state index contributed by atoms with van der Waals surface area (Å²) in [5, 5.41) is 19.5. The quantitative estimate of drug-likeness (QED) is 0.849. The van der Waals surface area contributed by atoms with Crippen molar-refractivity contribution in [3.63, 3.8) is 0 Å². The first-order valence-electron chi connectivity index (χ1n) is 7.14. The van der Waals surface area contributed by atoms with Crippen LogP contribution in [0.15, 0.2) is 48.5 Å². The third-order valence-electron chi connectivity index (χ3n) is 3.75. The number of carbonyl (C=O) groups is 1. The van der Waals surface area contributed by atoms with Crippen molar-refractivity contribution in [1.82, 2.24) is 0 Å². The van der Waals surface area contributed by atoms with E-state index in [1.165, 1.54) is 19.3 Å². The molecule has 0 amide bonds. The number of benzene rings is 2. The second-order valence-electron chi connectivity index (χ2n) is 5.28. The van der Waals surface area contributed by atoms with Gasteiger partial charge in [0.2, 0.25) is 0 Å². The molecule has 0 fully saturated rings. The zero-order chi connectivity index (χ0) is 16.4. The average Bonchev–Trinajstić information content (AvgIpc) is 2.89. The van der Waals surface area contributed by atoms with Gasteiger partial charge in [-0.3, -0.25) is 0 Å². The summed E-state index contributed by atoms with van der Waals surface area (Å²) >= 11 is 0. The summed E-state index contributed by atoms with van der Waals surface area (Å²) in [4.78, 5) is 11.7. The summed E-state index contributed by atoms with van der Waals surface area (Å²) in [6, 6.07) is 11.6. The fraction of sp³-hybridized carbons (Fsp3) is 0.167. The third kappa shape index (κ3) is 3.13. The highest BCUT2D eigenvalue weighted by molar-refractivity contribution is 5.98. The first-order valence-corrected chi connectivity index (χ1v) is 7.14. The Balaban J connectivity index is 1.88. The lowest BCUT2D eigenvalue weighted by Gasteiger charge is -2.16. The molecule has 0 spiro atoms. The van der Waals surface area contributed by atoms with Crippen molar-refractivity contribution in [2.75, 3.05) is 7.11 Å². The molecule has 5 heteroatoms. The number of ether oxygens (including phenoxy) is 2. The van der Waals surface area contributed by atoms with Crippen LogP contribution in [0.3, 0.4) is 0 Å². The highest BCUT2D eigenvalue weighted by atomic mass is 16.5. The number of rotatable bonds is 4. The van der Waals surface area contributed by atoms with Gasteiger partial charge in [-0.25, -0.2) is 4.79 Å². The van der Waals surface area contributed by atoms with Crippen LogP contribution >= 0.6 is 0 Å². The highest BCUT2D eigenvalue weighted by Crippen LogP contribution is 2.35. The fourth-order valence-corrected chi connectivity index (χ4v) is 2.59. The Hall–Kier alpha value is -2.95. The number of carbonyl (C=O) groups excluding carboxylic acids is 1. The molecule has 1 atom stereocenters. The van der Waals surface area contributed by atoms with Crippen molar-refractivity contribution in [3.05, 3.63) is 59.7 Å². The minimum atomic E-state index is -0.480. The molecule has 3 rings (SSSR count). The molecule has 1 heterocycles. The molecule has 2 aromatic rings. The van der Waals surface area contributed by atoms with E-state index >= 15 is 0 Å². The van der Waals surface area contributed by atoms with Gasteiger partial charge in [-0.2, -0.15) is 0 Å². The van der Waals surface area contributed by atoms with Crippen LogP contribution in [-0.2, 0) is 16.0 Å². The molecular weight excluding hydrogens is 296 g/mol.